The molecule has 1 fully saturated rings. The van der Waals surface area contributed by atoms with E-state index < -0.39 is 0 Å². The second-order valence-corrected chi connectivity index (χ2v) is 4.57. The van der Waals surface area contributed by atoms with Crippen LogP contribution in [-0.4, -0.2) is 16.7 Å². The summed E-state index contributed by atoms with van der Waals surface area (Å²) in [5.41, 5.74) is 0.370. The highest BCUT2D eigenvalue weighted by Crippen LogP contribution is 2.27. The van der Waals surface area contributed by atoms with E-state index in [4.69, 9.17) is 4.52 Å². The van der Waals surface area contributed by atoms with E-state index in [0.717, 1.165) is 12.5 Å². The molecule has 0 saturated heterocycles. The van der Waals surface area contributed by atoms with Gasteiger partial charge in [0.15, 0.2) is 0 Å². The molecule has 1 saturated carbocycles. The monoisotopic (exact) mass is 283 g/mol. The summed E-state index contributed by atoms with van der Waals surface area (Å²) in [6.07, 6.45) is 2.61. The van der Waals surface area contributed by atoms with Crippen molar-refractivity contribution < 1.29 is 8.91 Å². The maximum absolute atomic E-state index is 13.5. The van der Waals surface area contributed by atoms with Crippen LogP contribution in [0.5, 0.6) is 0 Å². The van der Waals surface area contributed by atoms with Gasteiger partial charge < -0.3 is 9.84 Å². The van der Waals surface area contributed by atoms with Crippen LogP contribution in [0.1, 0.15) is 18.7 Å². The molecule has 19 heavy (non-hydrogen) atoms. The number of hydrogen-bond acceptors (Lipinski definition) is 4. The molecule has 1 aromatic carbocycles. The maximum atomic E-state index is 13.5. The Balaban J connectivity index is 0.00000133. The minimum atomic E-state index is -0.337. The van der Waals surface area contributed by atoms with Gasteiger partial charge in [0.25, 0.3) is 0 Å². The van der Waals surface area contributed by atoms with Gasteiger partial charge >= 0.3 is 0 Å². The van der Waals surface area contributed by atoms with Crippen molar-refractivity contribution in [3.63, 3.8) is 0 Å². The van der Waals surface area contributed by atoms with E-state index in [0.29, 0.717) is 23.8 Å². The molecule has 0 atom stereocenters. The van der Waals surface area contributed by atoms with Crippen LogP contribution in [-0.2, 0) is 6.54 Å². The number of aromatic nitrogens is 2. The lowest BCUT2D eigenvalue weighted by molar-refractivity contribution is 0.366. The molecular weight excluding hydrogens is 269 g/mol. The van der Waals surface area contributed by atoms with E-state index in [2.05, 4.69) is 15.5 Å². The van der Waals surface area contributed by atoms with Gasteiger partial charge in [0.1, 0.15) is 5.82 Å². The molecule has 102 valence electrons. The summed E-state index contributed by atoms with van der Waals surface area (Å²) in [5.74, 6) is 1.26. The molecule has 1 aromatic heterocycles. The maximum Gasteiger partial charge on any atom is 0.240 e. The summed E-state index contributed by atoms with van der Waals surface area (Å²) in [6, 6.07) is 6.41. The molecule has 3 rings (SSSR count). The Morgan fingerprint density at radius 3 is 2.84 bits per heavy atom. The average Bonchev–Trinajstić information content (AvgIpc) is 3.08. The van der Waals surface area contributed by atoms with Gasteiger partial charge in [-0.2, -0.15) is 4.98 Å². The number of benzene rings is 1. The van der Waals surface area contributed by atoms with Crippen molar-refractivity contribution >= 4 is 12.4 Å². The number of rotatable bonds is 5. The van der Waals surface area contributed by atoms with Crippen LogP contribution < -0.4 is 5.32 Å². The zero-order valence-electron chi connectivity index (χ0n) is 10.3. The van der Waals surface area contributed by atoms with Crippen LogP contribution >= 0.6 is 12.4 Å². The number of hydrogen-bond donors (Lipinski definition) is 1. The first-order valence-corrected chi connectivity index (χ1v) is 6.11. The second-order valence-electron chi connectivity index (χ2n) is 4.57. The van der Waals surface area contributed by atoms with Gasteiger partial charge in [-0.05, 0) is 37.4 Å². The van der Waals surface area contributed by atoms with Crippen LogP contribution in [0.15, 0.2) is 28.8 Å². The first-order chi connectivity index (χ1) is 8.83. The Labute approximate surface area is 116 Å². The van der Waals surface area contributed by atoms with Crippen LogP contribution in [0, 0.1) is 11.7 Å². The predicted octanol–water partition coefficient (Wildman–Crippen LogP) is 2.80. The van der Waals surface area contributed by atoms with Crippen LogP contribution in [0.2, 0.25) is 0 Å². The highest BCUT2D eigenvalue weighted by Gasteiger charge is 2.20. The highest BCUT2D eigenvalue weighted by atomic mass is 35.5. The lowest BCUT2D eigenvalue weighted by Gasteiger charge is -1.97. The van der Waals surface area contributed by atoms with Crippen molar-refractivity contribution in [2.45, 2.75) is 19.4 Å². The number of nitrogens with one attached hydrogen (secondary N) is 1. The molecular formula is C13H15ClFN3O. The zero-order valence-corrected chi connectivity index (χ0v) is 11.1. The van der Waals surface area contributed by atoms with Crippen molar-refractivity contribution in [3.05, 3.63) is 36.0 Å². The molecule has 1 N–H and O–H groups in total. The molecule has 1 heterocycles. The Bertz CT molecular complexity index is 542. The summed E-state index contributed by atoms with van der Waals surface area (Å²) in [4.78, 5) is 4.18. The standard InChI is InChI=1S/C13H14FN3O.ClH/c14-11-4-2-1-3-10(11)13-16-12(18-17-13)8-15-7-9-5-6-9;/h1-4,9,15H,5-8H2;1H. The van der Waals surface area contributed by atoms with E-state index in [9.17, 15) is 4.39 Å². The summed E-state index contributed by atoms with van der Waals surface area (Å²) in [6.45, 7) is 1.52. The lowest BCUT2D eigenvalue weighted by Crippen LogP contribution is -2.16. The van der Waals surface area contributed by atoms with Crippen LogP contribution in [0.25, 0.3) is 11.4 Å². The van der Waals surface area contributed by atoms with Gasteiger partial charge in [0, 0.05) is 0 Å². The molecule has 0 unspecified atom stereocenters. The third-order valence-corrected chi connectivity index (χ3v) is 2.99. The topological polar surface area (TPSA) is 51.0 Å². The smallest absolute Gasteiger partial charge is 0.240 e. The van der Waals surface area contributed by atoms with Crippen LogP contribution in [0.3, 0.4) is 0 Å². The molecule has 0 amide bonds. The predicted molar refractivity (Wildman–Crippen MR) is 71.4 cm³/mol. The van der Waals surface area contributed by atoms with Crippen LogP contribution in [0.4, 0.5) is 4.39 Å². The largest absolute Gasteiger partial charge is 0.338 e. The third-order valence-electron chi connectivity index (χ3n) is 2.99. The lowest BCUT2D eigenvalue weighted by atomic mass is 10.2. The van der Waals surface area contributed by atoms with Gasteiger partial charge in [-0.15, -0.1) is 12.4 Å². The number of halogens is 2. The average molecular weight is 284 g/mol. The zero-order chi connectivity index (χ0) is 12.4. The highest BCUT2D eigenvalue weighted by molar-refractivity contribution is 5.85. The van der Waals surface area contributed by atoms with Gasteiger partial charge in [-0.25, -0.2) is 4.39 Å². The molecule has 0 radical (unpaired) electrons. The Hall–Kier alpha value is -1.46. The minimum Gasteiger partial charge on any atom is -0.338 e. The molecule has 6 heteroatoms. The quantitative estimate of drug-likeness (QED) is 0.917. The van der Waals surface area contributed by atoms with E-state index in [1.165, 1.54) is 18.9 Å². The molecule has 0 bridgehead atoms. The van der Waals surface area contributed by atoms with Gasteiger partial charge in [0.05, 0.1) is 12.1 Å². The fraction of sp³-hybridized carbons (Fsp3) is 0.385. The normalized spacial score (nSPS) is 14.2. The van der Waals surface area contributed by atoms with Gasteiger partial charge in [0.2, 0.25) is 11.7 Å². The molecule has 1 aliphatic carbocycles. The molecule has 4 nitrogen and oxygen atoms in total. The summed E-state index contributed by atoms with van der Waals surface area (Å²) in [5, 5.41) is 7.05. The van der Waals surface area contributed by atoms with Crippen molar-refractivity contribution in [1.29, 1.82) is 0 Å². The Kier molecular flexibility index (Phi) is 4.50. The SMILES string of the molecule is Cl.Fc1ccccc1-c1noc(CNCC2CC2)n1. The first kappa shape index (κ1) is 14.0. The molecule has 0 spiro atoms. The minimum absolute atomic E-state index is 0. The van der Waals surface area contributed by atoms with E-state index in [-0.39, 0.29) is 18.2 Å². The Morgan fingerprint density at radius 2 is 2.11 bits per heavy atom. The first-order valence-electron chi connectivity index (χ1n) is 6.11. The molecule has 1 aliphatic rings. The summed E-state index contributed by atoms with van der Waals surface area (Å²) >= 11 is 0. The van der Waals surface area contributed by atoms with Crippen molar-refractivity contribution in [2.24, 2.45) is 5.92 Å². The van der Waals surface area contributed by atoms with Crippen molar-refractivity contribution in [1.82, 2.24) is 15.5 Å². The van der Waals surface area contributed by atoms with Gasteiger partial charge in [-0.3, -0.25) is 0 Å². The van der Waals surface area contributed by atoms with Crippen molar-refractivity contribution in [3.8, 4) is 11.4 Å². The fourth-order valence-electron chi connectivity index (χ4n) is 1.78. The third kappa shape index (κ3) is 3.52. The van der Waals surface area contributed by atoms with E-state index in [1.54, 1.807) is 18.2 Å². The van der Waals surface area contributed by atoms with Crippen molar-refractivity contribution in [2.75, 3.05) is 6.54 Å². The molecule has 2 aromatic rings. The summed E-state index contributed by atoms with van der Waals surface area (Å²) in [7, 11) is 0. The van der Waals surface area contributed by atoms with E-state index in [1.807, 2.05) is 0 Å². The number of nitrogens with zero attached hydrogens (tertiary/aromatic N) is 2. The summed E-state index contributed by atoms with van der Waals surface area (Å²) < 4.78 is 18.6. The fourth-order valence-corrected chi connectivity index (χ4v) is 1.78. The van der Waals surface area contributed by atoms with Gasteiger partial charge in [-0.1, -0.05) is 17.3 Å². The second kappa shape index (κ2) is 6.12. The molecule has 0 aliphatic heterocycles. The van der Waals surface area contributed by atoms with E-state index >= 15 is 0 Å². The Morgan fingerprint density at radius 1 is 1.32 bits per heavy atom.